The second kappa shape index (κ2) is 8.87. The Bertz CT molecular complexity index is 464. The zero-order valence-corrected chi connectivity index (χ0v) is 15.0. The van der Waals surface area contributed by atoms with Crippen molar-refractivity contribution in [1.82, 2.24) is 9.88 Å². The third-order valence-corrected chi connectivity index (χ3v) is 5.22. The molecule has 4 nitrogen and oxygen atoms in total. The highest BCUT2D eigenvalue weighted by Gasteiger charge is 2.22. The van der Waals surface area contributed by atoms with E-state index in [2.05, 4.69) is 37.3 Å². The maximum atomic E-state index is 5.57. The van der Waals surface area contributed by atoms with E-state index in [0.29, 0.717) is 11.2 Å². The second-order valence-corrected chi connectivity index (χ2v) is 7.12. The van der Waals surface area contributed by atoms with Crippen LogP contribution in [0.3, 0.4) is 0 Å². The van der Waals surface area contributed by atoms with Gasteiger partial charge in [0.05, 0.1) is 24.6 Å². The first-order chi connectivity index (χ1) is 10.7. The van der Waals surface area contributed by atoms with E-state index in [1.807, 2.05) is 11.8 Å². The van der Waals surface area contributed by atoms with Crippen molar-refractivity contribution >= 4 is 11.8 Å². The van der Waals surface area contributed by atoms with Crippen LogP contribution in [0.2, 0.25) is 0 Å². The molecule has 0 bridgehead atoms. The first-order valence-electron chi connectivity index (χ1n) is 7.93. The Hall–Kier alpha value is -0.620. The Kier molecular flexibility index (Phi) is 7.15. The van der Waals surface area contributed by atoms with Crippen LogP contribution in [0.1, 0.15) is 41.5 Å². The maximum absolute atomic E-state index is 5.57. The van der Waals surface area contributed by atoms with Crippen molar-refractivity contribution in [3.05, 3.63) is 29.1 Å². The molecule has 2 atom stereocenters. The largest absolute Gasteiger partial charge is 0.383 e. The lowest BCUT2D eigenvalue weighted by atomic mass is 9.96. The average Bonchev–Trinajstić information content (AvgIpc) is 3.06. The molecule has 5 heteroatoms. The molecule has 22 heavy (non-hydrogen) atoms. The number of nitrogens with zero attached hydrogens (tertiary/aromatic N) is 2. The molecule has 2 heterocycles. The van der Waals surface area contributed by atoms with E-state index in [9.17, 15) is 0 Å². The Morgan fingerprint density at radius 2 is 2.32 bits per heavy atom. The molecule has 0 amide bonds. The van der Waals surface area contributed by atoms with Crippen LogP contribution in [0.15, 0.2) is 12.1 Å². The number of hydrogen-bond acceptors (Lipinski definition) is 5. The van der Waals surface area contributed by atoms with Gasteiger partial charge in [-0.15, -0.1) is 0 Å². The highest BCUT2D eigenvalue weighted by atomic mass is 32.2. The lowest BCUT2D eigenvalue weighted by Crippen LogP contribution is -2.24. The zero-order valence-electron chi connectivity index (χ0n) is 14.2. The van der Waals surface area contributed by atoms with Gasteiger partial charge in [0.15, 0.2) is 0 Å². The second-order valence-electron chi connectivity index (χ2n) is 5.94. The summed E-state index contributed by atoms with van der Waals surface area (Å²) in [6.07, 6.45) is 3.24. The Morgan fingerprint density at radius 3 is 2.95 bits per heavy atom. The summed E-state index contributed by atoms with van der Waals surface area (Å²) in [4.78, 5) is 7.25. The van der Waals surface area contributed by atoms with E-state index < -0.39 is 0 Å². The minimum Gasteiger partial charge on any atom is -0.383 e. The van der Waals surface area contributed by atoms with E-state index in [0.717, 1.165) is 39.3 Å². The number of aromatic nitrogens is 1. The van der Waals surface area contributed by atoms with Gasteiger partial charge in [0.1, 0.15) is 0 Å². The van der Waals surface area contributed by atoms with Crippen molar-refractivity contribution in [1.29, 1.82) is 0 Å². The number of ether oxygens (including phenoxy) is 2. The van der Waals surface area contributed by atoms with Gasteiger partial charge in [-0.1, -0.05) is 6.07 Å². The van der Waals surface area contributed by atoms with E-state index >= 15 is 0 Å². The molecule has 0 radical (unpaired) electrons. The third kappa shape index (κ3) is 4.69. The van der Waals surface area contributed by atoms with Gasteiger partial charge in [0, 0.05) is 38.0 Å². The fourth-order valence-corrected chi connectivity index (χ4v) is 3.11. The normalized spacial score (nSPS) is 19.8. The van der Waals surface area contributed by atoms with Crippen molar-refractivity contribution in [3.63, 3.8) is 0 Å². The van der Waals surface area contributed by atoms with E-state index in [1.165, 1.54) is 17.0 Å². The van der Waals surface area contributed by atoms with Gasteiger partial charge in [-0.2, -0.15) is 11.8 Å². The number of likely N-dealkylation sites (N-methyl/N-ethyl adjacent to an activating group) is 1. The topological polar surface area (TPSA) is 34.6 Å². The molecule has 1 saturated heterocycles. The fraction of sp³-hybridized carbons (Fsp3) is 0.706. The summed E-state index contributed by atoms with van der Waals surface area (Å²) < 4.78 is 10.7. The third-order valence-electron chi connectivity index (χ3n) is 4.27. The number of hydrogen-bond donors (Lipinski definition) is 0. The van der Waals surface area contributed by atoms with Gasteiger partial charge in [-0.3, -0.25) is 9.88 Å². The summed E-state index contributed by atoms with van der Waals surface area (Å²) in [5.41, 5.74) is 3.73. The molecule has 0 aromatic carbocycles. The molecule has 2 rings (SSSR count). The summed E-state index contributed by atoms with van der Waals surface area (Å²) >= 11 is 1.84. The van der Waals surface area contributed by atoms with Crippen LogP contribution in [0.25, 0.3) is 0 Å². The molecular weight excluding hydrogens is 296 g/mol. The minimum absolute atomic E-state index is 0.428. The standard InChI is InChI=1S/C17H28N2O2S/c1-13(22-4)16-6-5-15(14-7-9-21-12-14)17(18-16)11-19(2)8-10-20-3/h5-6,13-14H,7-12H2,1-4H3/t13?,14-/m0/s1. The predicted molar refractivity (Wildman–Crippen MR) is 92.6 cm³/mol. The SMILES string of the molecule is COCCN(C)Cc1nc(C(C)SC)ccc1[C@H]1CCOC1. The lowest BCUT2D eigenvalue weighted by Gasteiger charge is -2.21. The van der Waals surface area contributed by atoms with Crippen molar-refractivity contribution in [2.75, 3.05) is 46.8 Å². The van der Waals surface area contributed by atoms with Crippen molar-refractivity contribution in [2.24, 2.45) is 0 Å². The molecule has 0 saturated carbocycles. The van der Waals surface area contributed by atoms with Gasteiger partial charge < -0.3 is 9.47 Å². The first-order valence-corrected chi connectivity index (χ1v) is 9.22. The molecule has 0 spiro atoms. The van der Waals surface area contributed by atoms with E-state index in [1.54, 1.807) is 7.11 Å². The van der Waals surface area contributed by atoms with Gasteiger partial charge in [-0.25, -0.2) is 0 Å². The number of methoxy groups -OCH3 is 1. The molecule has 1 unspecified atom stereocenters. The molecule has 124 valence electrons. The van der Waals surface area contributed by atoms with Gasteiger partial charge in [0.25, 0.3) is 0 Å². The van der Waals surface area contributed by atoms with Gasteiger partial charge >= 0.3 is 0 Å². The van der Waals surface area contributed by atoms with Crippen LogP contribution in [-0.2, 0) is 16.0 Å². The molecule has 1 fully saturated rings. The van der Waals surface area contributed by atoms with Gasteiger partial charge in [0.2, 0.25) is 0 Å². The molecule has 1 aliphatic rings. The summed E-state index contributed by atoms with van der Waals surface area (Å²) in [5.74, 6) is 0.497. The molecular formula is C17H28N2O2S. The predicted octanol–water partition coefficient (Wildman–Crippen LogP) is 3.09. The monoisotopic (exact) mass is 324 g/mol. The molecule has 1 aliphatic heterocycles. The van der Waals surface area contributed by atoms with E-state index in [-0.39, 0.29) is 0 Å². The highest BCUT2D eigenvalue weighted by molar-refractivity contribution is 7.98. The summed E-state index contributed by atoms with van der Waals surface area (Å²) in [6, 6.07) is 4.46. The fourth-order valence-electron chi connectivity index (χ4n) is 2.74. The number of thioether (sulfide) groups is 1. The first kappa shape index (κ1) is 17.7. The lowest BCUT2D eigenvalue weighted by molar-refractivity contribution is 0.157. The summed E-state index contributed by atoms with van der Waals surface area (Å²) in [5, 5.41) is 0.428. The molecule has 1 aromatic heterocycles. The van der Waals surface area contributed by atoms with E-state index in [4.69, 9.17) is 14.5 Å². The Labute approximate surface area is 138 Å². The van der Waals surface area contributed by atoms with Crippen molar-refractivity contribution < 1.29 is 9.47 Å². The zero-order chi connectivity index (χ0) is 15.9. The summed E-state index contributed by atoms with van der Waals surface area (Å²) in [6.45, 7) is 6.44. The Morgan fingerprint density at radius 1 is 1.50 bits per heavy atom. The maximum Gasteiger partial charge on any atom is 0.0589 e. The number of rotatable bonds is 8. The highest BCUT2D eigenvalue weighted by Crippen LogP contribution is 2.31. The van der Waals surface area contributed by atoms with Gasteiger partial charge in [-0.05, 0) is 38.3 Å². The van der Waals surface area contributed by atoms with Crippen LogP contribution < -0.4 is 0 Å². The smallest absolute Gasteiger partial charge is 0.0589 e. The van der Waals surface area contributed by atoms with Crippen LogP contribution >= 0.6 is 11.8 Å². The average molecular weight is 324 g/mol. The van der Waals surface area contributed by atoms with Crippen LogP contribution in [0.4, 0.5) is 0 Å². The van der Waals surface area contributed by atoms with Crippen molar-refractivity contribution in [2.45, 2.75) is 31.1 Å². The Balaban J connectivity index is 2.20. The number of pyridine rings is 1. The quantitative estimate of drug-likeness (QED) is 0.734. The molecule has 0 N–H and O–H groups in total. The van der Waals surface area contributed by atoms with Crippen LogP contribution in [0.5, 0.6) is 0 Å². The van der Waals surface area contributed by atoms with Crippen LogP contribution in [0, 0.1) is 0 Å². The van der Waals surface area contributed by atoms with Crippen molar-refractivity contribution in [3.8, 4) is 0 Å². The van der Waals surface area contributed by atoms with Crippen LogP contribution in [-0.4, -0.2) is 56.7 Å². The molecule has 1 aromatic rings. The molecule has 0 aliphatic carbocycles. The minimum atomic E-state index is 0.428. The summed E-state index contributed by atoms with van der Waals surface area (Å²) in [7, 11) is 3.87.